The number of nitrogens with one attached hydrogen (secondary N) is 2. The van der Waals surface area contributed by atoms with Crippen molar-refractivity contribution in [1.29, 1.82) is 0 Å². The van der Waals surface area contributed by atoms with Crippen LogP contribution in [0.4, 0.5) is 17.1 Å². The molecule has 0 saturated carbocycles. The maximum Gasteiger partial charge on any atom is 0.295 e. The van der Waals surface area contributed by atoms with Gasteiger partial charge in [0.1, 0.15) is 22.9 Å². The molecule has 0 aliphatic heterocycles. The molecule has 11 nitrogen and oxygen atoms in total. The number of hydrogen-bond acceptors (Lipinski definition) is 9. The van der Waals surface area contributed by atoms with Crippen molar-refractivity contribution in [2.24, 2.45) is 5.10 Å². The number of benzene rings is 3. The smallest absolute Gasteiger partial charge is 0.295 e. The van der Waals surface area contributed by atoms with Crippen LogP contribution in [0.2, 0.25) is 0 Å². The number of para-hydroxylation sites is 2. The van der Waals surface area contributed by atoms with Gasteiger partial charge in [-0.25, -0.2) is 8.42 Å². The number of nitro benzene ring substituents is 1. The lowest BCUT2D eigenvalue weighted by Gasteiger charge is -2.12. The second-order valence-electron chi connectivity index (χ2n) is 6.72. The first kappa shape index (κ1) is 24.3. The molecule has 0 aliphatic rings. The summed E-state index contributed by atoms with van der Waals surface area (Å²) in [6.07, 6.45) is 1.40. The van der Waals surface area contributed by atoms with Crippen molar-refractivity contribution in [3.63, 3.8) is 0 Å². The van der Waals surface area contributed by atoms with Crippen LogP contribution in [0.15, 0.2) is 70.7 Å². The van der Waals surface area contributed by atoms with Gasteiger partial charge in [0.15, 0.2) is 0 Å². The van der Waals surface area contributed by atoms with Crippen LogP contribution in [0.1, 0.15) is 5.56 Å². The average Bonchev–Trinajstić information content (AvgIpc) is 2.84. The minimum atomic E-state index is -4.13. The van der Waals surface area contributed by atoms with Crippen LogP contribution in [-0.2, 0) is 10.0 Å². The number of methoxy groups -OCH3 is 3. The summed E-state index contributed by atoms with van der Waals surface area (Å²) in [5.41, 5.74) is 2.87. The molecule has 0 atom stereocenters. The van der Waals surface area contributed by atoms with Gasteiger partial charge in [0.05, 0.1) is 43.1 Å². The van der Waals surface area contributed by atoms with Crippen LogP contribution >= 0.6 is 0 Å². The summed E-state index contributed by atoms with van der Waals surface area (Å²) in [6.45, 7) is 0. The van der Waals surface area contributed by atoms with Crippen molar-refractivity contribution in [2.45, 2.75) is 4.90 Å². The third kappa shape index (κ3) is 5.53. The lowest BCUT2D eigenvalue weighted by molar-refractivity contribution is -0.384. The first-order valence-electron chi connectivity index (χ1n) is 9.74. The van der Waals surface area contributed by atoms with Gasteiger partial charge in [-0.2, -0.15) is 5.10 Å². The molecule has 3 aromatic carbocycles. The van der Waals surface area contributed by atoms with E-state index in [0.717, 1.165) is 6.07 Å². The maximum atomic E-state index is 12.8. The molecule has 0 amide bonds. The number of sulfonamides is 1. The Kier molecular flexibility index (Phi) is 7.53. The normalized spacial score (nSPS) is 11.1. The lowest BCUT2D eigenvalue weighted by Crippen LogP contribution is -2.14. The fraction of sp³-hybridized carbons (Fsp3) is 0.136. The van der Waals surface area contributed by atoms with E-state index in [2.05, 4.69) is 15.2 Å². The molecule has 0 aliphatic carbocycles. The van der Waals surface area contributed by atoms with Crippen LogP contribution in [0.25, 0.3) is 0 Å². The van der Waals surface area contributed by atoms with Gasteiger partial charge in [-0.1, -0.05) is 12.1 Å². The molecule has 0 saturated heterocycles. The number of hydrogen-bond donors (Lipinski definition) is 2. The van der Waals surface area contributed by atoms with Gasteiger partial charge in [-0.15, -0.1) is 0 Å². The van der Waals surface area contributed by atoms with E-state index in [4.69, 9.17) is 14.2 Å². The van der Waals surface area contributed by atoms with E-state index in [1.807, 2.05) is 0 Å². The molecule has 0 unspecified atom stereocenters. The van der Waals surface area contributed by atoms with Crippen molar-refractivity contribution >= 4 is 33.3 Å². The van der Waals surface area contributed by atoms with Gasteiger partial charge < -0.3 is 14.2 Å². The Hall–Kier alpha value is -4.32. The molecule has 178 valence electrons. The summed E-state index contributed by atoms with van der Waals surface area (Å²) >= 11 is 0. The molecule has 3 aromatic rings. The Labute approximate surface area is 196 Å². The minimum Gasteiger partial charge on any atom is -0.497 e. The predicted molar refractivity (Wildman–Crippen MR) is 128 cm³/mol. The highest BCUT2D eigenvalue weighted by Crippen LogP contribution is 2.31. The lowest BCUT2D eigenvalue weighted by atomic mass is 10.2. The van der Waals surface area contributed by atoms with E-state index in [1.54, 1.807) is 36.4 Å². The monoisotopic (exact) mass is 486 g/mol. The number of rotatable bonds is 10. The Morgan fingerprint density at radius 3 is 2.32 bits per heavy atom. The molecule has 0 fully saturated rings. The molecule has 0 heterocycles. The quantitative estimate of drug-likeness (QED) is 0.250. The fourth-order valence-corrected chi connectivity index (χ4v) is 4.06. The average molecular weight is 487 g/mol. The summed E-state index contributed by atoms with van der Waals surface area (Å²) < 4.78 is 43.6. The zero-order valence-corrected chi connectivity index (χ0v) is 19.3. The number of nitro groups is 1. The van der Waals surface area contributed by atoms with Crippen LogP contribution in [0.3, 0.4) is 0 Å². The zero-order valence-electron chi connectivity index (χ0n) is 18.5. The summed E-state index contributed by atoms with van der Waals surface area (Å²) in [6, 6.07) is 14.9. The second kappa shape index (κ2) is 10.5. The van der Waals surface area contributed by atoms with Crippen LogP contribution in [0.5, 0.6) is 17.2 Å². The number of ether oxygens (including phenoxy) is 3. The van der Waals surface area contributed by atoms with Gasteiger partial charge in [0, 0.05) is 11.6 Å². The molecule has 0 spiro atoms. The van der Waals surface area contributed by atoms with Gasteiger partial charge in [0.2, 0.25) is 0 Å². The fourth-order valence-electron chi connectivity index (χ4n) is 2.97. The summed E-state index contributed by atoms with van der Waals surface area (Å²) in [5, 5.41) is 15.6. The summed E-state index contributed by atoms with van der Waals surface area (Å²) in [4.78, 5) is 10.6. The van der Waals surface area contributed by atoms with Crippen molar-refractivity contribution in [1.82, 2.24) is 0 Å². The van der Waals surface area contributed by atoms with Crippen molar-refractivity contribution < 1.29 is 27.6 Å². The largest absolute Gasteiger partial charge is 0.497 e. The highest BCUT2D eigenvalue weighted by Gasteiger charge is 2.22. The molecule has 0 radical (unpaired) electrons. The molecular weight excluding hydrogens is 464 g/mol. The van der Waals surface area contributed by atoms with E-state index in [-0.39, 0.29) is 16.3 Å². The third-order valence-electron chi connectivity index (χ3n) is 4.65. The predicted octanol–water partition coefficient (Wildman–Crippen LogP) is 3.87. The molecule has 0 bridgehead atoms. The molecule has 3 rings (SSSR count). The van der Waals surface area contributed by atoms with E-state index in [9.17, 15) is 18.5 Å². The van der Waals surface area contributed by atoms with E-state index in [0.29, 0.717) is 22.8 Å². The SMILES string of the molecule is COc1ccc(OC)c(/C=N/Nc2ccc(S(=O)(=O)Nc3ccccc3OC)cc2[N+](=O)[O-])c1. The summed E-state index contributed by atoms with van der Waals surface area (Å²) in [7, 11) is 0.285. The van der Waals surface area contributed by atoms with Crippen LogP contribution in [0, 0.1) is 10.1 Å². The first-order valence-corrected chi connectivity index (χ1v) is 11.2. The van der Waals surface area contributed by atoms with E-state index in [1.165, 1.54) is 45.7 Å². The summed E-state index contributed by atoms with van der Waals surface area (Å²) in [5.74, 6) is 1.40. The Morgan fingerprint density at radius 1 is 0.912 bits per heavy atom. The maximum absolute atomic E-state index is 12.8. The van der Waals surface area contributed by atoms with Crippen LogP contribution < -0.4 is 24.4 Å². The number of nitrogens with zero attached hydrogens (tertiary/aromatic N) is 2. The zero-order chi connectivity index (χ0) is 24.7. The van der Waals surface area contributed by atoms with Crippen molar-refractivity contribution in [3.05, 3.63) is 76.3 Å². The van der Waals surface area contributed by atoms with Gasteiger partial charge in [-0.05, 0) is 42.5 Å². The van der Waals surface area contributed by atoms with E-state index >= 15 is 0 Å². The third-order valence-corrected chi connectivity index (χ3v) is 6.02. The standard InChI is InChI=1S/C22H22N4O7S/c1-31-16-8-11-21(32-2)15(12-16)14-23-24-18-10-9-17(13-20(18)26(27)28)34(29,30)25-19-6-4-5-7-22(19)33-3/h4-14,24-25H,1-3H3/b23-14+. The van der Waals surface area contributed by atoms with Crippen molar-refractivity contribution in [3.8, 4) is 17.2 Å². The highest BCUT2D eigenvalue weighted by molar-refractivity contribution is 7.92. The molecule has 12 heteroatoms. The highest BCUT2D eigenvalue weighted by atomic mass is 32.2. The van der Waals surface area contributed by atoms with Gasteiger partial charge in [-0.3, -0.25) is 20.3 Å². The molecular formula is C22H22N4O7S. The molecule has 2 N–H and O–H groups in total. The number of anilines is 2. The molecule has 34 heavy (non-hydrogen) atoms. The van der Waals surface area contributed by atoms with Crippen molar-refractivity contribution in [2.75, 3.05) is 31.5 Å². The van der Waals surface area contributed by atoms with Gasteiger partial charge >= 0.3 is 0 Å². The Balaban J connectivity index is 1.88. The Bertz CT molecular complexity index is 1330. The topological polar surface area (TPSA) is 141 Å². The Morgan fingerprint density at radius 2 is 1.65 bits per heavy atom. The minimum absolute atomic E-state index is 0.000598. The number of hydrazone groups is 1. The first-order chi connectivity index (χ1) is 16.3. The van der Waals surface area contributed by atoms with Crippen LogP contribution in [-0.4, -0.2) is 40.9 Å². The van der Waals surface area contributed by atoms with E-state index < -0.39 is 20.6 Å². The van der Waals surface area contributed by atoms with Gasteiger partial charge in [0.25, 0.3) is 15.7 Å². The second-order valence-corrected chi connectivity index (χ2v) is 8.40. The molecule has 0 aromatic heterocycles.